The minimum absolute atomic E-state index is 0.00553. The van der Waals surface area contributed by atoms with Crippen molar-refractivity contribution < 1.29 is 4.79 Å². The Labute approximate surface area is 189 Å². The number of aromatic amines is 1. The lowest BCUT2D eigenvalue weighted by atomic mass is 10.2. The molecule has 7 nitrogen and oxygen atoms in total. The maximum atomic E-state index is 13.1. The molecular weight excluding hydrogens is 424 g/mol. The molecule has 1 N–H and O–H groups in total. The van der Waals surface area contributed by atoms with E-state index in [0.29, 0.717) is 42.7 Å². The number of H-pyrrole nitrogens is 1. The van der Waals surface area contributed by atoms with E-state index in [1.165, 1.54) is 11.3 Å². The zero-order chi connectivity index (χ0) is 22.5. The zero-order valence-electron chi connectivity index (χ0n) is 17.8. The van der Waals surface area contributed by atoms with Gasteiger partial charge in [0.2, 0.25) is 5.91 Å². The van der Waals surface area contributed by atoms with E-state index in [1.54, 1.807) is 27.7 Å². The predicted octanol–water partition coefficient (Wildman–Crippen LogP) is 3.46. The fourth-order valence-corrected chi connectivity index (χ4v) is 4.41. The van der Waals surface area contributed by atoms with E-state index < -0.39 is 0 Å². The quantitative estimate of drug-likeness (QED) is 0.447. The summed E-state index contributed by atoms with van der Waals surface area (Å²) in [6, 6.07) is 16.9. The minimum Gasteiger partial charge on any atom is -0.331 e. The Morgan fingerprint density at radius 1 is 1.06 bits per heavy atom. The zero-order valence-corrected chi connectivity index (χ0v) is 18.6. The Morgan fingerprint density at radius 3 is 2.56 bits per heavy atom. The van der Waals surface area contributed by atoms with E-state index >= 15 is 0 Å². The summed E-state index contributed by atoms with van der Waals surface area (Å²) in [5.41, 5.74) is 2.29. The van der Waals surface area contributed by atoms with Crippen molar-refractivity contribution in [1.29, 1.82) is 0 Å². The number of thiazole rings is 1. The molecule has 0 saturated carbocycles. The number of benzene rings is 2. The molecule has 2 aromatic heterocycles. The Balaban J connectivity index is 1.52. The van der Waals surface area contributed by atoms with Gasteiger partial charge in [0, 0.05) is 30.6 Å². The molecule has 0 saturated heterocycles. The molecule has 2 aromatic carbocycles. The van der Waals surface area contributed by atoms with Crippen LogP contribution >= 0.6 is 11.3 Å². The molecule has 0 bridgehead atoms. The third-order valence-electron chi connectivity index (χ3n) is 5.32. The maximum absolute atomic E-state index is 13.1. The average Bonchev–Trinajstić information content (AvgIpc) is 3.11. The second-order valence-corrected chi connectivity index (χ2v) is 8.48. The van der Waals surface area contributed by atoms with Gasteiger partial charge in [0.1, 0.15) is 5.82 Å². The first-order valence-corrected chi connectivity index (χ1v) is 11.3. The van der Waals surface area contributed by atoms with Crippen LogP contribution in [-0.4, -0.2) is 25.3 Å². The molecule has 4 aromatic rings. The van der Waals surface area contributed by atoms with Crippen LogP contribution in [0, 0.1) is 6.92 Å². The summed E-state index contributed by atoms with van der Waals surface area (Å²) in [4.78, 5) is 46.5. The number of hydrogen-bond acceptors (Lipinski definition) is 5. The molecule has 32 heavy (non-hydrogen) atoms. The van der Waals surface area contributed by atoms with Crippen LogP contribution in [-0.2, 0) is 24.4 Å². The molecule has 0 radical (unpaired) electrons. The number of nitrogens with one attached hydrogen (secondary N) is 1. The lowest BCUT2D eigenvalue weighted by Gasteiger charge is -2.23. The number of fused-ring (bicyclic) bond motifs is 1. The van der Waals surface area contributed by atoms with E-state index in [1.807, 2.05) is 48.7 Å². The van der Waals surface area contributed by atoms with Crippen LogP contribution in [0.15, 0.2) is 69.6 Å². The van der Waals surface area contributed by atoms with Gasteiger partial charge in [-0.15, -0.1) is 0 Å². The molecule has 0 aliphatic heterocycles. The summed E-state index contributed by atoms with van der Waals surface area (Å²) in [6.45, 7) is 3.01. The molecule has 1 amide bonds. The SMILES string of the molecule is Cc1csc(=O)n1CCCC(=O)N(Cc1ccccc1)Cc1nc2ccccc2c(=O)[nH]1. The van der Waals surface area contributed by atoms with Crippen LogP contribution in [0.3, 0.4) is 0 Å². The summed E-state index contributed by atoms with van der Waals surface area (Å²) in [7, 11) is 0. The molecule has 0 fully saturated rings. The van der Waals surface area contributed by atoms with E-state index in [9.17, 15) is 14.4 Å². The van der Waals surface area contributed by atoms with Crippen LogP contribution in [0.5, 0.6) is 0 Å². The van der Waals surface area contributed by atoms with Crippen molar-refractivity contribution in [2.75, 3.05) is 0 Å². The second kappa shape index (κ2) is 9.74. The summed E-state index contributed by atoms with van der Waals surface area (Å²) in [5, 5.41) is 2.35. The third kappa shape index (κ3) is 5.03. The van der Waals surface area contributed by atoms with Gasteiger partial charge in [-0.3, -0.25) is 14.4 Å². The van der Waals surface area contributed by atoms with Crippen molar-refractivity contribution in [1.82, 2.24) is 19.4 Å². The summed E-state index contributed by atoms with van der Waals surface area (Å²) < 4.78 is 1.70. The first kappa shape index (κ1) is 21.7. The summed E-state index contributed by atoms with van der Waals surface area (Å²) in [6.07, 6.45) is 0.857. The molecule has 8 heteroatoms. The number of para-hydroxylation sites is 1. The number of aryl methyl sites for hydroxylation is 1. The third-order valence-corrected chi connectivity index (χ3v) is 6.20. The van der Waals surface area contributed by atoms with Crippen LogP contribution in [0.4, 0.5) is 0 Å². The van der Waals surface area contributed by atoms with Crippen molar-refractivity contribution in [2.45, 2.75) is 39.4 Å². The van der Waals surface area contributed by atoms with Gasteiger partial charge >= 0.3 is 4.87 Å². The van der Waals surface area contributed by atoms with Crippen molar-refractivity contribution in [2.24, 2.45) is 0 Å². The second-order valence-electron chi connectivity index (χ2n) is 7.66. The first-order chi connectivity index (χ1) is 15.5. The van der Waals surface area contributed by atoms with Crippen molar-refractivity contribution in [3.8, 4) is 0 Å². The first-order valence-electron chi connectivity index (χ1n) is 10.5. The molecule has 0 unspecified atom stereocenters. The number of carbonyl (C=O) groups excluding carboxylic acids is 1. The highest BCUT2D eigenvalue weighted by atomic mass is 32.1. The smallest absolute Gasteiger partial charge is 0.307 e. The predicted molar refractivity (Wildman–Crippen MR) is 126 cm³/mol. The van der Waals surface area contributed by atoms with Gasteiger partial charge in [-0.25, -0.2) is 4.98 Å². The average molecular weight is 449 g/mol. The van der Waals surface area contributed by atoms with Gasteiger partial charge in [0.25, 0.3) is 5.56 Å². The van der Waals surface area contributed by atoms with Crippen LogP contribution < -0.4 is 10.4 Å². The monoisotopic (exact) mass is 448 g/mol. The fourth-order valence-electron chi connectivity index (χ4n) is 3.65. The number of aromatic nitrogens is 3. The van der Waals surface area contributed by atoms with Gasteiger partial charge in [-0.05, 0) is 31.0 Å². The van der Waals surface area contributed by atoms with Crippen LogP contribution in [0.1, 0.15) is 29.9 Å². The molecule has 0 atom stereocenters. The van der Waals surface area contributed by atoms with Crippen molar-refractivity contribution in [3.05, 3.63) is 97.1 Å². The number of hydrogen-bond donors (Lipinski definition) is 1. The molecule has 164 valence electrons. The highest BCUT2D eigenvalue weighted by Gasteiger charge is 2.17. The van der Waals surface area contributed by atoms with Gasteiger partial charge in [-0.2, -0.15) is 0 Å². The number of carbonyl (C=O) groups is 1. The van der Waals surface area contributed by atoms with Gasteiger partial charge in [0.05, 0.1) is 17.4 Å². The fraction of sp³-hybridized carbons (Fsp3) is 0.250. The highest BCUT2D eigenvalue weighted by Crippen LogP contribution is 2.13. The van der Waals surface area contributed by atoms with Gasteiger partial charge in [-0.1, -0.05) is 53.8 Å². The molecule has 0 aliphatic carbocycles. The molecule has 2 heterocycles. The molecule has 0 spiro atoms. The van der Waals surface area contributed by atoms with E-state index in [0.717, 1.165) is 11.3 Å². The summed E-state index contributed by atoms with van der Waals surface area (Å²) in [5.74, 6) is 0.397. The molecule has 0 aliphatic rings. The van der Waals surface area contributed by atoms with Crippen molar-refractivity contribution in [3.63, 3.8) is 0 Å². The number of rotatable bonds is 8. The van der Waals surface area contributed by atoms with E-state index in [2.05, 4.69) is 9.97 Å². The Hall–Kier alpha value is -3.52. The normalized spacial score (nSPS) is 11.0. The van der Waals surface area contributed by atoms with E-state index in [4.69, 9.17) is 0 Å². The summed E-state index contributed by atoms with van der Waals surface area (Å²) >= 11 is 1.17. The maximum Gasteiger partial charge on any atom is 0.307 e. The number of amides is 1. The minimum atomic E-state index is -0.218. The molecule has 4 rings (SSSR count). The lowest BCUT2D eigenvalue weighted by Crippen LogP contribution is -2.32. The van der Waals surface area contributed by atoms with E-state index in [-0.39, 0.29) is 22.9 Å². The topological polar surface area (TPSA) is 88.1 Å². The highest BCUT2D eigenvalue weighted by molar-refractivity contribution is 7.07. The van der Waals surface area contributed by atoms with Gasteiger partial charge in [0.15, 0.2) is 0 Å². The Morgan fingerprint density at radius 2 is 1.81 bits per heavy atom. The molecular formula is C24H24N4O3S. The Kier molecular flexibility index (Phi) is 6.61. The van der Waals surface area contributed by atoms with Crippen LogP contribution in [0.25, 0.3) is 10.9 Å². The van der Waals surface area contributed by atoms with Gasteiger partial charge < -0.3 is 14.5 Å². The van der Waals surface area contributed by atoms with Crippen molar-refractivity contribution >= 4 is 28.1 Å². The largest absolute Gasteiger partial charge is 0.331 e. The standard InChI is InChI=1S/C24H24N4O3S/c1-17-16-32-24(31)28(17)13-7-12-22(29)27(14-18-8-3-2-4-9-18)15-21-25-20-11-6-5-10-19(20)23(30)26-21/h2-6,8-11,16H,7,12-15H2,1H3,(H,25,26,30). The van der Waals surface area contributed by atoms with Crippen LogP contribution in [0.2, 0.25) is 0 Å². The Bertz CT molecular complexity index is 1340. The number of nitrogens with zero attached hydrogens (tertiary/aromatic N) is 3. The lowest BCUT2D eigenvalue weighted by molar-refractivity contribution is -0.132.